The Kier molecular flexibility index (Phi) is 2.76. The van der Waals surface area contributed by atoms with Gasteiger partial charge in [0.2, 0.25) is 0 Å². The lowest BCUT2D eigenvalue weighted by molar-refractivity contribution is 0.595. The normalized spacial score (nSPS) is 15.7. The molecule has 0 bridgehead atoms. The van der Waals surface area contributed by atoms with Crippen molar-refractivity contribution in [2.75, 3.05) is 0 Å². The molecule has 3 heteroatoms. The molecule has 0 amide bonds. The predicted molar refractivity (Wildman–Crippen MR) is 48.8 cm³/mol. The standard InChI is InChI=1S/C9H15N3/c1-6(7(2)10)9-4-5-11-8(3)12-9/h4-7H,10H2,1-3H3. The van der Waals surface area contributed by atoms with E-state index in [2.05, 4.69) is 16.9 Å². The fourth-order valence-corrected chi connectivity index (χ4v) is 0.997. The van der Waals surface area contributed by atoms with Gasteiger partial charge in [-0.3, -0.25) is 0 Å². The highest BCUT2D eigenvalue weighted by Crippen LogP contribution is 2.14. The van der Waals surface area contributed by atoms with E-state index in [1.165, 1.54) is 0 Å². The van der Waals surface area contributed by atoms with E-state index in [0.29, 0.717) is 5.92 Å². The van der Waals surface area contributed by atoms with Crippen LogP contribution in [-0.4, -0.2) is 16.0 Å². The Morgan fingerprint density at radius 3 is 2.58 bits per heavy atom. The Bertz CT molecular complexity index is 258. The van der Waals surface area contributed by atoms with E-state index in [1.54, 1.807) is 6.20 Å². The summed E-state index contributed by atoms with van der Waals surface area (Å²) in [6, 6.07) is 2.06. The number of rotatable bonds is 2. The minimum Gasteiger partial charge on any atom is -0.327 e. The van der Waals surface area contributed by atoms with E-state index >= 15 is 0 Å². The summed E-state index contributed by atoms with van der Waals surface area (Å²) in [4.78, 5) is 8.33. The Labute approximate surface area is 73.0 Å². The van der Waals surface area contributed by atoms with Crippen LogP contribution in [-0.2, 0) is 0 Å². The summed E-state index contributed by atoms with van der Waals surface area (Å²) in [5, 5.41) is 0. The van der Waals surface area contributed by atoms with E-state index in [9.17, 15) is 0 Å². The summed E-state index contributed by atoms with van der Waals surface area (Å²) in [5.74, 6) is 1.10. The fourth-order valence-electron chi connectivity index (χ4n) is 0.997. The molecule has 2 N–H and O–H groups in total. The molecule has 0 aliphatic rings. The lowest BCUT2D eigenvalue weighted by Crippen LogP contribution is -2.23. The van der Waals surface area contributed by atoms with Gasteiger partial charge in [-0.05, 0) is 19.9 Å². The van der Waals surface area contributed by atoms with Crippen LogP contribution in [0.2, 0.25) is 0 Å². The monoisotopic (exact) mass is 165 g/mol. The third-order valence-electron chi connectivity index (χ3n) is 2.05. The first-order chi connectivity index (χ1) is 5.61. The van der Waals surface area contributed by atoms with Crippen molar-refractivity contribution in [1.29, 1.82) is 0 Å². The molecule has 0 aliphatic carbocycles. The maximum absolute atomic E-state index is 5.76. The second-order valence-electron chi connectivity index (χ2n) is 3.18. The van der Waals surface area contributed by atoms with Gasteiger partial charge in [-0.25, -0.2) is 9.97 Å². The third kappa shape index (κ3) is 2.01. The summed E-state index contributed by atoms with van der Waals surface area (Å²) < 4.78 is 0. The minimum absolute atomic E-state index is 0.138. The first kappa shape index (κ1) is 9.13. The van der Waals surface area contributed by atoms with Gasteiger partial charge in [-0.2, -0.15) is 0 Å². The number of hydrogen-bond acceptors (Lipinski definition) is 3. The molecule has 0 radical (unpaired) electrons. The van der Waals surface area contributed by atoms with Gasteiger partial charge in [-0.1, -0.05) is 6.92 Å². The highest BCUT2D eigenvalue weighted by Gasteiger charge is 2.11. The summed E-state index contributed by atoms with van der Waals surface area (Å²) in [6.07, 6.45) is 1.77. The van der Waals surface area contributed by atoms with Gasteiger partial charge in [-0.15, -0.1) is 0 Å². The zero-order valence-electron chi connectivity index (χ0n) is 7.78. The van der Waals surface area contributed by atoms with Crippen LogP contribution in [0.15, 0.2) is 12.3 Å². The van der Waals surface area contributed by atoms with E-state index in [0.717, 1.165) is 11.5 Å². The van der Waals surface area contributed by atoms with E-state index < -0.39 is 0 Å². The van der Waals surface area contributed by atoms with E-state index in [4.69, 9.17) is 5.73 Å². The zero-order chi connectivity index (χ0) is 9.14. The van der Waals surface area contributed by atoms with Crippen molar-refractivity contribution < 1.29 is 0 Å². The average molecular weight is 165 g/mol. The molecule has 1 rings (SSSR count). The van der Waals surface area contributed by atoms with Crippen molar-refractivity contribution in [3.05, 3.63) is 23.8 Å². The molecule has 0 aromatic carbocycles. The second-order valence-corrected chi connectivity index (χ2v) is 3.18. The smallest absolute Gasteiger partial charge is 0.125 e. The molecule has 3 nitrogen and oxygen atoms in total. The van der Waals surface area contributed by atoms with Crippen molar-refractivity contribution in [1.82, 2.24) is 9.97 Å². The van der Waals surface area contributed by atoms with Gasteiger partial charge in [0.15, 0.2) is 0 Å². The molecule has 0 fully saturated rings. The molecular weight excluding hydrogens is 150 g/mol. The number of hydrogen-bond donors (Lipinski definition) is 1. The lowest BCUT2D eigenvalue weighted by Gasteiger charge is -2.14. The van der Waals surface area contributed by atoms with Crippen molar-refractivity contribution in [3.63, 3.8) is 0 Å². The van der Waals surface area contributed by atoms with Crippen LogP contribution in [0.1, 0.15) is 31.3 Å². The Balaban J connectivity index is 2.88. The van der Waals surface area contributed by atoms with Gasteiger partial charge >= 0.3 is 0 Å². The van der Waals surface area contributed by atoms with Gasteiger partial charge < -0.3 is 5.73 Å². The SMILES string of the molecule is Cc1nccc(C(C)C(C)N)n1. The quantitative estimate of drug-likeness (QED) is 0.717. The highest BCUT2D eigenvalue weighted by atomic mass is 14.9. The van der Waals surface area contributed by atoms with E-state index in [-0.39, 0.29) is 6.04 Å². The van der Waals surface area contributed by atoms with Crippen LogP contribution in [0.5, 0.6) is 0 Å². The number of nitrogens with zero attached hydrogens (tertiary/aromatic N) is 2. The first-order valence-electron chi connectivity index (χ1n) is 4.16. The Morgan fingerprint density at radius 2 is 2.08 bits per heavy atom. The Morgan fingerprint density at radius 1 is 1.42 bits per heavy atom. The van der Waals surface area contributed by atoms with Crippen LogP contribution in [0.3, 0.4) is 0 Å². The highest BCUT2D eigenvalue weighted by molar-refractivity contribution is 5.08. The molecule has 0 spiro atoms. The van der Waals surface area contributed by atoms with Crippen molar-refractivity contribution in [3.8, 4) is 0 Å². The lowest BCUT2D eigenvalue weighted by atomic mass is 10.0. The molecule has 1 aromatic rings. The van der Waals surface area contributed by atoms with Gasteiger partial charge in [0.05, 0.1) is 0 Å². The number of aromatic nitrogens is 2. The van der Waals surface area contributed by atoms with Crippen molar-refractivity contribution in [2.45, 2.75) is 32.7 Å². The maximum Gasteiger partial charge on any atom is 0.125 e. The minimum atomic E-state index is 0.138. The van der Waals surface area contributed by atoms with Crippen molar-refractivity contribution in [2.24, 2.45) is 5.73 Å². The summed E-state index contributed by atoms with van der Waals surface area (Å²) in [5.41, 5.74) is 6.78. The van der Waals surface area contributed by atoms with Gasteiger partial charge in [0.1, 0.15) is 5.82 Å². The molecule has 2 unspecified atom stereocenters. The zero-order valence-corrected chi connectivity index (χ0v) is 7.78. The Hall–Kier alpha value is -0.960. The first-order valence-corrected chi connectivity index (χ1v) is 4.16. The van der Waals surface area contributed by atoms with Crippen LogP contribution >= 0.6 is 0 Å². The molecule has 0 aliphatic heterocycles. The summed E-state index contributed by atoms with van der Waals surface area (Å²) in [6.45, 7) is 5.95. The number of nitrogens with two attached hydrogens (primary N) is 1. The van der Waals surface area contributed by atoms with E-state index in [1.807, 2.05) is 19.9 Å². The summed E-state index contributed by atoms with van der Waals surface area (Å²) >= 11 is 0. The second kappa shape index (κ2) is 3.63. The topological polar surface area (TPSA) is 51.8 Å². The maximum atomic E-state index is 5.76. The van der Waals surface area contributed by atoms with Crippen LogP contribution in [0, 0.1) is 6.92 Å². The molecule has 0 saturated heterocycles. The van der Waals surface area contributed by atoms with Gasteiger partial charge in [0.25, 0.3) is 0 Å². The molecule has 66 valence electrons. The predicted octanol–water partition coefficient (Wildman–Crippen LogP) is 1.24. The van der Waals surface area contributed by atoms with Gasteiger partial charge in [0, 0.05) is 23.9 Å². The molecule has 0 saturated carbocycles. The third-order valence-corrected chi connectivity index (χ3v) is 2.05. The number of aryl methyl sites for hydroxylation is 1. The average Bonchev–Trinajstić information content (AvgIpc) is 2.03. The van der Waals surface area contributed by atoms with Crippen molar-refractivity contribution >= 4 is 0 Å². The molecule has 12 heavy (non-hydrogen) atoms. The van der Waals surface area contributed by atoms with Crippen LogP contribution < -0.4 is 5.73 Å². The molecule has 1 heterocycles. The molecule has 2 atom stereocenters. The molecule has 1 aromatic heterocycles. The molecular formula is C9H15N3. The van der Waals surface area contributed by atoms with Crippen LogP contribution in [0.25, 0.3) is 0 Å². The summed E-state index contributed by atoms with van der Waals surface area (Å²) in [7, 11) is 0. The van der Waals surface area contributed by atoms with Crippen LogP contribution in [0.4, 0.5) is 0 Å². The fraction of sp³-hybridized carbons (Fsp3) is 0.556. The largest absolute Gasteiger partial charge is 0.327 e.